The number of halogens is 1. The first-order valence-electron chi connectivity index (χ1n) is 4.73. The third-order valence-electron chi connectivity index (χ3n) is 1.99. The number of para-hydroxylation sites is 1. The first kappa shape index (κ1) is 11.0. The fraction of sp³-hybridized carbons (Fsp3) is 0.0909. The molecule has 2 aromatic rings. The van der Waals surface area contributed by atoms with Crippen molar-refractivity contribution in [2.75, 3.05) is 0 Å². The monoisotopic (exact) mass is 279 g/mol. The Hall–Kier alpha value is -1.46. The molecular formula is C11H10BrN3O. The Morgan fingerprint density at radius 1 is 1.19 bits per heavy atom. The van der Waals surface area contributed by atoms with E-state index >= 15 is 0 Å². The number of ether oxygens (including phenoxy) is 1. The van der Waals surface area contributed by atoms with Gasteiger partial charge in [0.2, 0.25) is 0 Å². The summed E-state index contributed by atoms with van der Waals surface area (Å²) in [6.07, 6.45) is 3.26. The molecule has 0 saturated carbocycles. The molecule has 0 aliphatic heterocycles. The van der Waals surface area contributed by atoms with Crippen molar-refractivity contribution in [3.8, 4) is 11.8 Å². The van der Waals surface area contributed by atoms with Crippen LogP contribution in [0.4, 0.5) is 0 Å². The summed E-state index contributed by atoms with van der Waals surface area (Å²) in [6.45, 7) is 0.423. The summed E-state index contributed by atoms with van der Waals surface area (Å²) < 4.78 is 6.34. The van der Waals surface area contributed by atoms with Gasteiger partial charge in [-0.3, -0.25) is 0 Å². The average Bonchev–Trinajstić information content (AvgIpc) is 2.33. The lowest BCUT2D eigenvalue weighted by Crippen LogP contribution is -2.00. The second kappa shape index (κ2) is 5.05. The molecule has 0 bridgehead atoms. The Morgan fingerprint density at radius 2 is 1.88 bits per heavy atom. The van der Waals surface area contributed by atoms with E-state index in [9.17, 15) is 0 Å². The van der Waals surface area contributed by atoms with Crippen molar-refractivity contribution in [1.82, 2.24) is 9.97 Å². The first-order chi connectivity index (χ1) is 7.79. The summed E-state index contributed by atoms with van der Waals surface area (Å²) in [4.78, 5) is 8.06. The molecule has 0 aliphatic carbocycles. The summed E-state index contributed by atoms with van der Waals surface area (Å²) in [5, 5.41) is 0. The van der Waals surface area contributed by atoms with Crippen molar-refractivity contribution in [1.29, 1.82) is 0 Å². The molecule has 0 fully saturated rings. The predicted octanol–water partition coefficient (Wildman–Crippen LogP) is 2.49. The SMILES string of the molecule is NCc1ccccc1Oc1ncc(Br)cn1. The molecule has 0 radical (unpaired) electrons. The molecule has 16 heavy (non-hydrogen) atoms. The molecule has 82 valence electrons. The zero-order chi connectivity index (χ0) is 11.4. The number of hydrogen-bond donors (Lipinski definition) is 1. The van der Waals surface area contributed by atoms with Gasteiger partial charge in [-0.15, -0.1) is 0 Å². The highest BCUT2D eigenvalue weighted by Crippen LogP contribution is 2.22. The lowest BCUT2D eigenvalue weighted by Gasteiger charge is -2.07. The van der Waals surface area contributed by atoms with Gasteiger partial charge < -0.3 is 10.5 Å². The maximum Gasteiger partial charge on any atom is 0.321 e. The fourth-order valence-electron chi connectivity index (χ4n) is 1.22. The second-order valence-corrected chi connectivity index (χ2v) is 4.01. The van der Waals surface area contributed by atoms with Gasteiger partial charge in [-0.25, -0.2) is 9.97 Å². The second-order valence-electron chi connectivity index (χ2n) is 3.10. The standard InChI is InChI=1S/C11H10BrN3O/c12-9-6-14-11(15-7-9)16-10-4-2-1-3-8(10)5-13/h1-4,6-7H,5,13H2. The van der Waals surface area contributed by atoms with E-state index in [2.05, 4.69) is 25.9 Å². The predicted molar refractivity (Wildman–Crippen MR) is 64.1 cm³/mol. The minimum absolute atomic E-state index is 0.309. The molecular weight excluding hydrogens is 270 g/mol. The molecule has 0 unspecified atom stereocenters. The highest BCUT2D eigenvalue weighted by atomic mass is 79.9. The number of benzene rings is 1. The van der Waals surface area contributed by atoms with Crippen LogP contribution in [-0.2, 0) is 6.54 Å². The number of nitrogens with zero attached hydrogens (tertiary/aromatic N) is 2. The molecule has 4 nitrogen and oxygen atoms in total. The molecule has 1 aromatic heterocycles. The zero-order valence-electron chi connectivity index (χ0n) is 8.43. The molecule has 0 atom stereocenters. The van der Waals surface area contributed by atoms with Gasteiger partial charge in [0.25, 0.3) is 0 Å². The summed E-state index contributed by atoms with van der Waals surface area (Å²) in [5.74, 6) is 0.687. The van der Waals surface area contributed by atoms with E-state index in [-0.39, 0.29) is 0 Å². The van der Waals surface area contributed by atoms with Crippen LogP contribution < -0.4 is 10.5 Å². The van der Waals surface area contributed by atoms with Crippen molar-refractivity contribution in [2.45, 2.75) is 6.54 Å². The van der Waals surface area contributed by atoms with Crippen LogP contribution in [0.2, 0.25) is 0 Å². The van der Waals surface area contributed by atoms with Gasteiger partial charge in [-0.2, -0.15) is 0 Å². The molecule has 2 N–H and O–H groups in total. The van der Waals surface area contributed by atoms with E-state index in [0.29, 0.717) is 18.3 Å². The topological polar surface area (TPSA) is 61.0 Å². The fourth-order valence-corrected chi connectivity index (χ4v) is 1.43. The summed E-state index contributed by atoms with van der Waals surface area (Å²) >= 11 is 3.26. The van der Waals surface area contributed by atoms with Crippen LogP contribution in [0.5, 0.6) is 11.8 Å². The van der Waals surface area contributed by atoms with E-state index < -0.39 is 0 Å². The van der Waals surface area contributed by atoms with E-state index in [1.165, 1.54) is 0 Å². The van der Waals surface area contributed by atoms with Gasteiger partial charge in [-0.05, 0) is 22.0 Å². The minimum atomic E-state index is 0.309. The van der Waals surface area contributed by atoms with Gasteiger partial charge in [-0.1, -0.05) is 18.2 Å². The Kier molecular flexibility index (Phi) is 3.48. The van der Waals surface area contributed by atoms with Gasteiger partial charge in [0.1, 0.15) is 5.75 Å². The molecule has 2 rings (SSSR count). The van der Waals surface area contributed by atoms with Crippen LogP contribution >= 0.6 is 15.9 Å². The third-order valence-corrected chi connectivity index (χ3v) is 2.40. The molecule has 0 aliphatic rings. The number of nitrogens with two attached hydrogens (primary N) is 1. The van der Waals surface area contributed by atoms with Crippen molar-refractivity contribution in [2.24, 2.45) is 5.73 Å². The van der Waals surface area contributed by atoms with Crippen LogP contribution in [0, 0.1) is 0 Å². The van der Waals surface area contributed by atoms with Crippen LogP contribution in [-0.4, -0.2) is 9.97 Å². The molecule has 1 aromatic carbocycles. The highest BCUT2D eigenvalue weighted by Gasteiger charge is 2.04. The number of aromatic nitrogens is 2. The van der Waals surface area contributed by atoms with Crippen LogP contribution in [0.15, 0.2) is 41.1 Å². The largest absolute Gasteiger partial charge is 0.424 e. The molecule has 1 heterocycles. The Labute approximate surface area is 102 Å². The number of rotatable bonds is 3. The lowest BCUT2D eigenvalue weighted by molar-refractivity contribution is 0.436. The summed E-state index contributed by atoms with van der Waals surface area (Å²) in [7, 11) is 0. The van der Waals surface area contributed by atoms with Gasteiger partial charge in [0.05, 0.1) is 4.47 Å². The van der Waals surface area contributed by atoms with Gasteiger partial charge in [0, 0.05) is 24.5 Å². The Balaban J connectivity index is 2.23. The average molecular weight is 280 g/mol. The molecule has 0 saturated heterocycles. The lowest BCUT2D eigenvalue weighted by atomic mass is 10.2. The maximum absolute atomic E-state index is 5.60. The Morgan fingerprint density at radius 3 is 2.56 bits per heavy atom. The van der Waals surface area contributed by atoms with Crippen molar-refractivity contribution < 1.29 is 4.74 Å². The smallest absolute Gasteiger partial charge is 0.321 e. The van der Waals surface area contributed by atoms with E-state index in [1.54, 1.807) is 12.4 Å². The minimum Gasteiger partial charge on any atom is -0.424 e. The molecule has 5 heteroatoms. The van der Waals surface area contributed by atoms with Crippen LogP contribution in [0.25, 0.3) is 0 Å². The van der Waals surface area contributed by atoms with E-state index in [4.69, 9.17) is 10.5 Å². The summed E-state index contributed by atoms with van der Waals surface area (Å²) in [5.41, 5.74) is 6.53. The highest BCUT2D eigenvalue weighted by molar-refractivity contribution is 9.10. The normalized spacial score (nSPS) is 10.1. The molecule has 0 spiro atoms. The third kappa shape index (κ3) is 2.56. The first-order valence-corrected chi connectivity index (χ1v) is 5.52. The van der Waals surface area contributed by atoms with Crippen molar-refractivity contribution in [3.05, 3.63) is 46.7 Å². The Bertz CT molecular complexity index is 473. The van der Waals surface area contributed by atoms with Crippen molar-refractivity contribution in [3.63, 3.8) is 0 Å². The van der Waals surface area contributed by atoms with Crippen LogP contribution in [0.1, 0.15) is 5.56 Å². The van der Waals surface area contributed by atoms with E-state index in [0.717, 1.165) is 10.0 Å². The zero-order valence-corrected chi connectivity index (χ0v) is 10.0. The van der Waals surface area contributed by atoms with Crippen LogP contribution in [0.3, 0.4) is 0 Å². The van der Waals surface area contributed by atoms with Gasteiger partial charge in [0.15, 0.2) is 0 Å². The summed E-state index contributed by atoms with van der Waals surface area (Å²) in [6, 6.07) is 7.86. The quantitative estimate of drug-likeness (QED) is 0.938. The molecule has 0 amide bonds. The van der Waals surface area contributed by atoms with Crippen molar-refractivity contribution >= 4 is 15.9 Å². The van der Waals surface area contributed by atoms with Gasteiger partial charge >= 0.3 is 6.01 Å². The number of hydrogen-bond acceptors (Lipinski definition) is 4. The maximum atomic E-state index is 5.60. The van der Waals surface area contributed by atoms with E-state index in [1.807, 2.05) is 24.3 Å².